The monoisotopic (exact) mass is 276 g/mol. The Morgan fingerprint density at radius 2 is 1.75 bits per heavy atom. The summed E-state index contributed by atoms with van der Waals surface area (Å²) in [7, 11) is 1.56. The van der Waals surface area contributed by atoms with Gasteiger partial charge in [-0.05, 0) is 43.7 Å². The SMILES string of the molecule is CNC(=O)Nc1ccc(NC(=O)[C@H]2CCCCN2)cc1. The van der Waals surface area contributed by atoms with Crippen LogP contribution in [-0.2, 0) is 4.79 Å². The number of hydrogen-bond donors (Lipinski definition) is 4. The lowest BCUT2D eigenvalue weighted by atomic mass is 10.0. The zero-order chi connectivity index (χ0) is 14.4. The number of anilines is 2. The molecule has 108 valence electrons. The molecule has 1 aliphatic heterocycles. The molecule has 0 bridgehead atoms. The third-order valence-electron chi connectivity index (χ3n) is 3.26. The van der Waals surface area contributed by atoms with Gasteiger partial charge in [-0.3, -0.25) is 4.79 Å². The Hall–Kier alpha value is -2.08. The van der Waals surface area contributed by atoms with Crippen molar-refractivity contribution in [3.8, 4) is 0 Å². The normalized spacial score (nSPS) is 18.1. The van der Waals surface area contributed by atoms with Crippen LogP contribution >= 0.6 is 0 Å². The third kappa shape index (κ3) is 3.96. The molecule has 1 heterocycles. The van der Waals surface area contributed by atoms with Crippen LogP contribution in [0.3, 0.4) is 0 Å². The van der Waals surface area contributed by atoms with Gasteiger partial charge in [0.15, 0.2) is 0 Å². The molecular formula is C14H20N4O2. The summed E-state index contributed by atoms with van der Waals surface area (Å²) in [5, 5.41) is 11.2. The molecule has 1 aromatic carbocycles. The number of hydrogen-bond acceptors (Lipinski definition) is 3. The first-order chi connectivity index (χ1) is 9.69. The van der Waals surface area contributed by atoms with Gasteiger partial charge < -0.3 is 21.3 Å². The topological polar surface area (TPSA) is 82.3 Å². The first kappa shape index (κ1) is 14.3. The van der Waals surface area contributed by atoms with E-state index in [0.29, 0.717) is 5.69 Å². The molecular weight excluding hydrogens is 256 g/mol. The summed E-state index contributed by atoms with van der Waals surface area (Å²) in [5.74, 6) is -0.00305. The fourth-order valence-corrected chi connectivity index (χ4v) is 2.14. The molecule has 3 amide bonds. The molecule has 1 aliphatic rings. The number of nitrogens with one attached hydrogen (secondary N) is 4. The Kier molecular flexibility index (Phi) is 4.95. The molecule has 1 aromatic rings. The molecule has 0 radical (unpaired) electrons. The van der Waals surface area contributed by atoms with Crippen molar-refractivity contribution < 1.29 is 9.59 Å². The van der Waals surface area contributed by atoms with Gasteiger partial charge in [-0.2, -0.15) is 0 Å². The average molecular weight is 276 g/mol. The van der Waals surface area contributed by atoms with Gasteiger partial charge in [0, 0.05) is 18.4 Å². The van der Waals surface area contributed by atoms with Gasteiger partial charge >= 0.3 is 6.03 Å². The highest BCUT2D eigenvalue weighted by molar-refractivity contribution is 5.95. The highest BCUT2D eigenvalue weighted by atomic mass is 16.2. The quantitative estimate of drug-likeness (QED) is 0.675. The van der Waals surface area contributed by atoms with E-state index in [-0.39, 0.29) is 18.0 Å². The van der Waals surface area contributed by atoms with Crippen LogP contribution in [-0.4, -0.2) is 31.6 Å². The van der Waals surface area contributed by atoms with Crippen LogP contribution in [0.5, 0.6) is 0 Å². The molecule has 0 unspecified atom stereocenters. The lowest BCUT2D eigenvalue weighted by Gasteiger charge is -2.22. The summed E-state index contributed by atoms with van der Waals surface area (Å²) in [6.07, 6.45) is 3.09. The Labute approximate surface area is 118 Å². The Morgan fingerprint density at radius 3 is 2.30 bits per heavy atom. The molecule has 1 atom stereocenters. The summed E-state index contributed by atoms with van der Waals surface area (Å²) in [4.78, 5) is 23.2. The minimum atomic E-state index is -0.270. The van der Waals surface area contributed by atoms with Crippen LogP contribution in [0.2, 0.25) is 0 Å². The number of amides is 3. The molecule has 1 fully saturated rings. The van der Waals surface area contributed by atoms with Crippen molar-refractivity contribution in [1.82, 2.24) is 10.6 Å². The van der Waals surface area contributed by atoms with E-state index in [1.807, 2.05) is 0 Å². The van der Waals surface area contributed by atoms with E-state index in [1.54, 1.807) is 31.3 Å². The second-order valence-corrected chi connectivity index (χ2v) is 4.77. The number of piperidine rings is 1. The minimum absolute atomic E-state index is 0.00305. The molecule has 0 aromatic heterocycles. The van der Waals surface area contributed by atoms with Gasteiger partial charge in [0.05, 0.1) is 6.04 Å². The number of urea groups is 1. The van der Waals surface area contributed by atoms with Crippen molar-refractivity contribution in [2.24, 2.45) is 0 Å². The van der Waals surface area contributed by atoms with E-state index in [4.69, 9.17) is 0 Å². The Balaban J connectivity index is 1.89. The minimum Gasteiger partial charge on any atom is -0.341 e. The highest BCUT2D eigenvalue weighted by Gasteiger charge is 2.20. The maximum Gasteiger partial charge on any atom is 0.318 e. The largest absolute Gasteiger partial charge is 0.341 e. The van der Waals surface area contributed by atoms with Gasteiger partial charge in [0.25, 0.3) is 0 Å². The Bertz CT molecular complexity index is 467. The van der Waals surface area contributed by atoms with Crippen molar-refractivity contribution in [1.29, 1.82) is 0 Å². The fourth-order valence-electron chi connectivity index (χ4n) is 2.14. The molecule has 6 nitrogen and oxygen atoms in total. The van der Waals surface area contributed by atoms with Crippen molar-refractivity contribution in [2.75, 3.05) is 24.2 Å². The van der Waals surface area contributed by atoms with E-state index >= 15 is 0 Å². The predicted molar refractivity (Wildman–Crippen MR) is 78.8 cm³/mol. The lowest BCUT2D eigenvalue weighted by Crippen LogP contribution is -2.43. The maximum absolute atomic E-state index is 12.0. The van der Waals surface area contributed by atoms with Crippen LogP contribution in [0.4, 0.5) is 16.2 Å². The van der Waals surface area contributed by atoms with Gasteiger partial charge in [-0.1, -0.05) is 6.42 Å². The van der Waals surface area contributed by atoms with Gasteiger partial charge in [0.1, 0.15) is 0 Å². The second kappa shape index (κ2) is 6.91. The number of rotatable bonds is 3. The Morgan fingerprint density at radius 1 is 1.10 bits per heavy atom. The number of benzene rings is 1. The van der Waals surface area contributed by atoms with Crippen LogP contribution in [0.1, 0.15) is 19.3 Å². The summed E-state index contributed by atoms with van der Waals surface area (Å²) in [6.45, 7) is 0.896. The zero-order valence-corrected chi connectivity index (χ0v) is 11.5. The first-order valence-corrected chi connectivity index (χ1v) is 6.82. The van der Waals surface area contributed by atoms with E-state index in [9.17, 15) is 9.59 Å². The molecule has 2 rings (SSSR count). The second-order valence-electron chi connectivity index (χ2n) is 4.77. The van der Waals surface area contributed by atoms with Gasteiger partial charge in [-0.25, -0.2) is 4.79 Å². The van der Waals surface area contributed by atoms with E-state index in [1.165, 1.54) is 0 Å². The van der Waals surface area contributed by atoms with E-state index < -0.39 is 0 Å². The van der Waals surface area contributed by atoms with Crippen LogP contribution < -0.4 is 21.3 Å². The summed E-state index contributed by atoms with van der Waals surface area (Å²) in [5.41, 5.74) is 1.41. The average Bonchev–Trinajstić information content (AvgIpc) is 2.50. The van der Waals surface area contributed by atoms with Gasteiger partial charge in [0.2, 0.25) is 5.91 Å². The summed E-state index contributed by atoms with van der Waals surface area (Å²) < 4.78 is 0. The van der Waals surface area contributed by atoms with Crippen LogP contribution in [0.25, 0.3) is 0 Å². The van der Waals surface area contributed by atoms with E-state index in [0.717, 1.165) is 31.5 Å². The standard InChI is InChI=1S/C14H20N4O2/c1-15-14(20)18-11-7-5-10(6-8-11)17-13(19)12-4-2-3-9-16-12/h5-8,12,16H,2-4,9H2,1H3,(H,17,19)(H2,15,18,20)/t12-/m1/s1. The smallest absolute Gasteiger partial charge is 0.318 e. The third-order valence-corrected chi connectivity index (χ3v) is 3.26. The van der Waals surface area contributed by atoms with Crippen molar-refractivity contribution in [3.63, 3.8) is 0 Å². The molecule has 0 spiro atoms. The zero-order valence-electron chi connectivity index (χ0n) is 11.5. The van der Waals surface area contributed by atoms with Crippen LogP contribution in [0, 0.1) is 0 Å². The molecule has 20 heavy (non-hydrogen) atoms. The van der Waals surface area contributed by atoms with Crippen molar-refractivity contribution in [2.45, 2.75) is 25.3 Å². The molecule has 0 aliphatic carbocycles. The first-order valence-electron chi connectivity index (χ1n) is 6.82. The van der Waals surface area contributed by atoms with Crippen molar-refractivity contribution in [3.05, 3.63) is 24.3 Å². The molecule has 4 N–H and O–H groups in total. The summed E-state index contributed by atoms with van der Waals surface area (Å²) in [6, 6.07) is 6.66. The number of carbonyl (C=O) groups excluding carboxylic acids is 2. The summed E-state index contributed by atoms with van der Waals surface area (Å²) >= 11 is 0. The van der Waals surface area contributed by atoms with Crippen molar-refractivity contribution >= 4 is 23.3 Å². The van der Waals surface area contributed by atoms with E-state index in [2.05, 4.69) is 21.3 Å². The maximum atomic E-state index is 12.0. The molecule has 0 saturated carbocycles. The predicted octanol–water partition coefficient (Wildman–Crippen LogP) is 1.52. The molecule has 1 saturated heterocycles. The lowest BCUT2D eigenvalue weighted by molar-refractivity contribution is -0.118. The van der Waals surface area contributed by atoms with Gasteiger partial charge in [-0.15, -0.1) is 0 Å². The number of carbonyl (C=O) groups is 2. The molecule has 6 heteroatoms. The highest BCUT2D eigenvalue weighted by Crippen LogP contribution is 2.15. The fraction of sp³-hybridized carbons (Fsp3) is 0.429. The van der Waals surface area contributed by atoms with Crippen LogP contribution in [0.15, 0.2) is 24.3 Å².